The number of nitrogens with zero attached hydrogens (tertiary/aromatic N) is 1. The van der Waals surface area contributed by atoms with Gasteiger partial charge in [0.15, 0.2) is 0 Å². The summed E-state index contributed by atoms with van der Waals surface area (Å²) in [5.74, 6) is 0.280. The number of allylic oxidation sites excluding steroid dienone is 2. The summed E-state index contributed by atoms with van der Waals surface area (Å²) >= 11 is 0. The predicted octanol–water partition coefficient (Wildman–Crippen LogP) is 12.5. The third-order valence-electron chi connectivity index (χ3n) is 10.3. The van der Waals surface area contributed by atoms with Crippen molar-refractivity contribution >= 4 is 27.4 Å². The molecule has 1 nitrogen and oxygen atoms in total. The summed E-state index contributed by atoms with van der Waals surface area (Å²) in [6.07, 6.45) is 5.65. The zero-order valence-corrected chi connectivity index (χ0v) is 27.5. The van der Waals surface area contributed by atoms with Gasteiger partial charge in [-0.25, -0.2) is 0 Å². The normalized spacial score (nSPS) is 13.3. The van der Waals surface area contributed by atoms with Crippen LogP contribution >= 0.6 is 0 Å². The molecule has 8 aromatic rings. The Labute approximate surface area is 288 Å². The van der Waals surface area contributed by atoms with Gasteiger partial charge in [0.05, 0.1) is 11.0 Å². The van der Waals surface area contributed by atoms with Gasteiger partial charge >= 0.3 is 0 Å². The van der Waals surface area contributed by atoms with Crippen molar-refractivity contribution in [1.82, 2.24) is 4.57 Å². The molecule has 0 bridgehead atoms. The largest absolute Gasteiger partial charge is 0.309 e. The molecule has 1 unspecified atom stereocenters. The molecule has 7 aromatic carbocycles. The molecule has 0 saturated carbocycles. The van der Waals surface area contributed by atoms with Gasteiger partial charge in [0, 0.05) is 22.4 Å². The van der Waals surface area contributed by atoms with E-state index in [0.717, 1.165) is 19.3 Å². The Hall–Kier alpha value is -5.92. The molecule has 0 N–H and O–H groups in total. The average molecular weight is 628 g/mol. The molecule has 1 aliphatic carbocycles. The van der Waals surface area contributed by atoms with Gasteiger partial charge in [-0.15, -0.1) is 0 Å². The Morgan fingerprint density at radius 1 is 0.469 bits per heavy atom. The zero-order chi connectivity index (χ0) is 32.6. The Morgan fingerprint density at radius 2 is 1.00 bits per heavy atom. The first-order valence-corrected chi connectivity index (χ1v) is 17.4. The fourth-order valence-corrected chi connectivity index (χ4v) is 7.86. The highest BCUT2D eigenvalue weighted by molar-refractivity contribution is 6.09. The fraction of sp³-hybridized carbons (Fsp3) is 0.0833. The lowest BCUT2D eigenvalue weighted by Crippen LogP contribution is -2.10. The van der Waals surface area contributed by atoms with Crippen LogP contribution in [0.5, 0.6) is 0 Å². The minimum absolute atomic E-state index is 0.280. The van der Waals surface area contributed by atoms with Crippen LogP contribution in [0.3, 0.4) is 0 Å². The Balaban J connectivity index is 1.02. The molecule has 234 valence electrons. The van der Waals surface area contributed by atoms with Crippen LogP contribution in [-0.2, 0) is 12.8 Å². The topological polar surface area (TPSA) is 4.93 Å². The Kier molecular flexibility index (Phi) is 7.52. The van der Waals surface area contributed by atoms with Crippen LogP contribution < -0.4 is 0 Å². The molecule has 0 amide bonds. The molecule has 0 radical (unpaired) electrons. The molecule has 9 rings (SSSR count). The smallest absolute Gasteiger partial charge is 0.0541 e. The highest BCUT2D eigenvalue weighted by Gasteiger charge is 2.23. The molecule has 1 aliphatic rings. The molecule has 0 aliphatic heterocycles. The summed E-state index contributed by atoms with van der Waals surface area (Å²) < 4.78 is 2.38. The van der Waals surface area contributed by atoms with Crippen LogP contribution in [0.1, 0.15) is 34.6 Å². The molecule has 0 saturated heterocycles. The van der Waals surface area contributed by atoms with E-state index in [4.69, 9.17) is 0 Å². The zero-order valence-electron chi connectivity index (χ0n) is 27.5. The lowest BCUT2D eigenvalue weighted by molar-refractivity contribution is 0.833. The molecule has 49 heavy (non-hydrogen) atoms. The highest BCUT2D eigenvalue weighted by Crippen LogP contribution is 2.40. The SMILES string of the molecule is C1=C(C(Cc2ccc(-c3ccc(-n4c5ccccc5c5ccccc54)cc3)cc2)c2ccc(-c3ccccc3)cc2)c2ccccc2CC1. The van der Waals surface area contributed by atoms with Crippen molar-refractivity contribution in [2.45, 2.75) is 25.2 Å². The van der Waals surface area contributed by atoms with Gasteiger partial charge in [0.1, 0.15) is 0 Å². The molecule has 1 heteroatoms. The van der Waals surface area contributed by atoms with Crippen LogP contribution in [0.4, 0.5) is 0 Å². The third kappa shape index (κ3) is 5.48. The van der Waals surface area contributed by atoms with Crippen LogP contribution in [-0.4, -0.2) is 4.57 Å². The van der Waals surface area contributed by atoms with Gasteiger partial charge in [-0.05, 0) is 93.6 Å². The highest BCUT2D eigenvalue weighted by atomic mass is 15.0. The van der Waals surface area contributed by atoms with Gasteiger partial charge < -0.3 is 4.57 Å². The van der Waals surface area contributed by atoms with E-state index in [2.05, 4.69) is 187 Å². The summed E-state index contributed by atoms with van der Waals surface area (Å²) in [6.45, 7) is 0. The van der Waals surface area contributed by atoms with Crippen LogP contribution in [0.15, 0.2) is 182 Å². The van der Waals surface area contributed by atoms with Gasteiger partial charge in [-0.3, -0.25) is 0 Å². The molecule has 1 heterocycles. The standard InChI is InChI=1S/C48H37N/c1-2-11-35(12-3-1)37-25-27-40(28-26-37)46(43-18-10-14-39-13-4-5-15-42(39)43)33-34-21-23-36(24-22-34)38-29-31-41(32-30-38)49-47-19-8-6-16-44(47)45-17-7-9-20-48(45)49/h1-9,11-13,15-32,46H,10,14,33H2. The average Bonchev–Trinajstić information content (AvgIpc) is 3.52. The quantitative estimate of drug-likeness (QED) is 0.166. The molecular weight excluding hydrogens is 591 g/mol. The number of aromatic nitrogens is 1. The van der Waals surface area contributed by atoms with Crippen molar-refractivity contribution in [3.05, 3.63) is 204 Å². The van der Waals surface area contributed by atoms with Crippen molar-refractivity contribution in [2.24, 2.45) is 0 Å². The van der Waals surface area contributed by atoms with E-state index >= 15 is 0 Å². The number of fused-ring (bicyclic) bond motifs is 4. The lowest BCUT2D eigenvalue weighted by Gasteiger charge is -2.27. The van der Waals surface area contributed by atoms with E-state index in [1.54, 1.807) is 0 Å². The minimum Gasteiger partial charge on any atom is -0.309 e. The maximum Gasteiger partial charge on any atom is 0.0541 e. The summed E-state index contributed by atoms with van der Waals surface area (Å²) in [6, 6.07) is 64.6. The van der Waals surface area contributed by atoms with E-state index in [1.807, 2.05) is 0 Å². The second-order valence-corrected chi connectivity index (χ2v) is 13.2. The number of hydrogen-bond donors (Lipinski definition) is 0. The number of aryl methyl sites for hydroxylation is 1. The number of benzene rings is 7. The first kappa shape index (κ1) is 29.2. The van der Waals surface area contributed by atoms with Crippen molar-refractivity contribution in [3.63, 3.8) is 0 Å². The van der Waals surface area contributed by atoms with Gasteiger partial charge in [-0.1, -0.05) is 158 Å². The number of hydrogen-bond acceptors (Lipinski definition) is 0. The van der Waals surface area contributed by atoms with Gasteiger partial charge in [-0.2, -0.15) is 0 Å². The molecule has 1 atom stereocenters. The van der Waals surface area contributed by atoms with Crippen molar-refractivity contribution in [1.29, 1.82) is 0 Å². The van der Waals surface area contributed by atoms with E-state index < -0.39 is 0 Å². The molecule has 1 aromatic heterocycles. The Bertz CT molecular complexity index is 2370. The van der Waals surface area contributed by atoms with Crippen LogP contribution in [0.2, 0.25) is 0 Å². The third-order valence-corrected chi connectivity index (χ3v) is 10.3. The molecular formula is C48H37N. The van der Waals surface area contributed by atoms with E-state index in [9.17, 15) is 0 Å². The first-order chi connectivity index (χ1) is 24.3. The summed E-state index contributed by atoms with van der Waals surface area (Å²) in [4.78, 5) is 0. The second kappa shape index (κ2) is 12.6. The van der Waals surface area contributed by atoms with Crippen molar-refractivity contribution in [3.8, 4) is 27.9 Å². The predicted molar refractivity (Wildman–Crippen MR) is 207 cm³/mol. The maximum atomic E-state index is 2.49. The van der Waals surface area contributed by atoms with E-state index in [0.29, 0.717) is 0 Å². The molecule has 0 fully saturated rings. The van der Waals surface area contributed by atoms with E-state index in [-0.39, 0.29) is 5.92 Å². The lowest BCUT2D eigenvalue weighted by atomic mass is 9.77. The van der Waals surface area contributed by atoms with Crippen molar-refractivity contribution in [2.75, 3.05) is 0 Å². The number of para-hydroxylation sites is 2. The van der Waals surface area contributed by atoms with Gasteiger partial charge in [0.2, 0.25) is 0 Å². The summed E-state index contributed by atoms with van der Waals surface area (Å²) in [7, 11) is 0. The maximum absolute atomic E-state index is 2.49. The van der Waals surface area contributed by atoms with E-state index in [1.165, 1.54) is 77.6 Å². The minimum atomic E-state index is 0.280. The van der Waals surface area contributed by atoms with Gasteiger partial charge in [0.25, 0.3) is 0 Å². The summed E-state index contributed by atoms with van der Waals surface area (Å²) in [5.41, 5.74) is 15.7. The molecule has 0 spiro atoms. The van der Waals surface area contributed by atoms with Crippen LogP contribution in [0.25, 0.3) is 55.3 Å². The summed E-state index contributed by atoms with van der Waals surface area (Å²) in [5, 5.41) is 2.58. The van der Waals surface area contributed by atoms with Crippen molar-refractivity contribution < 1.29 is 0 Å². The number of rotatable bonds is 7. The first-order valence-electron chi connectivity index (χ1n) is 17.4. The Morgan fingerprint density at radius 3 is 1.67 bits per heavy atom. The fourth-order valence-electron chi connectivity index (χ4n) is 7.86. The van der Waals surface area contributed by atoms with Crippen LogP contribution in [0, 0.1) is 0 Å². The second-order valence-electron chi connectivity index (χ2n) is 13.2. The monoisotopic (exact) mass is 627 g/mol.